The van der Waals surface area contributed by atoms with Crippen molar-refractivity contribution >= 4 is 17.8 Å². The van der Waals surface area contributed by atoms with E-state index in [-0.39, 0.29) is 23.8 Å². The van der Waals surface area contributed by atoms with Crippen molar-refractivity contribution in [2.45, 2.75) is 6.10 Å². The Hall–Kier alpha value is -3.46. The zero-order valence-corrected chi connectivity index (χ0v) is 12.8. The highest BCUT2D eigenvalue weighted by molar-refractivity contribution is 5.89. The van der Waals surface area contributed by atoms with Gasteiger partial charge in [-0.3, -0.25) is 14.9 Å². The Balaban J connectivity index is 1.74. The van der Waals surface area contributed by atoms with E-state index in [2.05, 4.69) is 10.5 Å². The van der Waals surface area contributed by atoms with Gasteiger partial charge in [0.25, 0.3) is 11.6 Å². The highest BCUT2D eigenvalue weighted by Gasteiger charge is 2.22. The summed E-state index contributed by atoms with van der Waals surface area (Å²) < 4.78 is 10.3. The van der Waals surface area contributed by atoms with E-state index in [9.17, 15) is 20.0 Å². The molecule has 0 saturated heterocycles. The highest BCUT2D eigenvalue weighted by Crippen LogP contribution is 2.37. The number of ether oxygens (including phenoxy) is 2. The fourth-order valence-corrected chi connectivity index (χ4v) is 2.22. The zero-order chi connectivity index (χ0) is 17.8. The topological polar surface area (TPSA) is 123 Å². The predicted molar refractivity (Wildman–Crippen MR) is 86.4 cm³/mol. The number of carbonyl (C=O) groups is 1. The number of amides is 1. The second-order valence-corrected chi connectivity index (χ2v) is 5.07. The van der Waals surface area contributed by atoms with E-state index in [0.717, 1.165) is 6.21 Å². The van der Waals surface area contributed by atoms with Gasteiger partial charge in [0, 0.05) is 0 Å². The average molecular weight is 343 g/mol. The standard InChI is InChI=1S/C16H13N3O6/c20-15(10-4-2-1-3-5-10)16(21)18-17-8-11-6-13-14(25-9-24-13)7-12(11)19(22)23/h1-8,15,20H,9H2,(H,18,21)/b17-8-. The summed E-state index contributed by atoms with van der Waals surface area (Å²) in [6, 6.07) is 10.9. The zero-order valence-electron chi connectivity index (χ0n) is 12.8. The monoisotopic (exact) mass is 343 g/mol. The van der Waals surface area contributed by atoms with Crippen LogP contribution in [-0.4, -0.2) is 28.9 Å². The van der Waals surface area contributed by atoms with Crippen molar-refractivity contribution in [3.05, 3.63) is 63.7 Å². The Labute approximate surface area is 141 Å². The Morgan fingerprint density at radius 2 is 1.96 bits per heavy atom. The molecule has 9 nitrogen and oxygen atoms in total. The van der Waals surface area contributed by atoms with Crippen molar-refractivity contribution in [3.63, 3.8) is 0 Å². The SMILES string of the molecule is O=C(N/N=C\c1cc2c(cc1[N+](=O)[O-])OCO2)C(O)c1ccccc1. The van der Waals surface area contributed by atoms with Crippen molar-refractivity contribution in [1.82, 2.24) is 5.43 Å². The van der Waals surface area contributed by atoms with Crippen molar-refractivity contribution < 1.29 is 24.3 Å². The molecule has 1 aliphatic heterocycles. The van der Waals surface area contributed by atoms with Crippen LogP contribution in [0.25, 0.3) is 0 Å². The van der Waals surface area contributed by atoms with Gasteiger partial charge >= 0.3 is 0 Å². The lowest BCUT2D eigenvalue weighted by molar-refractivity contribution is -0.385. The van der Waals surface area contributed by atoms with Gasteiger partial charge in [-0.1, -0.05) is 30.3 Å². The molecule has 0 aliphatic carbocycles. The maximum Gasteiger partial charge on any atom is 0.282 e. The maximum atomic E-state index is 11.9. The molecule has 25 heavy (non-hydrogen) atoms. The van der Waals surface area contributed by atoms with Crippen LogP contribution in [0.2, 0.25) is 0 Å². The van der Waals surface area contributed by atoms with Crippen LogP contribution in [0.5, 0.6) is 11.5 Å². The van der Waals surface area contributed by atoms with Gasteiger partial charge < -0.3 is 14.6 Å². The molecular formula is C16H13N3O6. The summed E-state index contributed by atoms with van der Waals surface area (Å²) in [5.74, 6) is -0.138. The summed E-state index contributed by atoms with van der Waals surface area (Å²) in [5, 5.41) is 24.7. The van der Waals surface area contributed by atoms with Crippen molar-refractivity contribution in [1.29, 1.82) is 0 Å². The number of aliphatic hydroxyl groups excluding tert-OH is 1. The molecule has 0 spiro atoms. The maximum absolute atomic E-state index is 11.9. The minimum absolute atomic E-state index is 0.0207. The van der Waals surface area contributed by atoms with Crippen LogP contribution in [0.15, 0.2) is 47.6 Å². The molecule has 3 rings (SSSR count). The Kier molecular flexibility index (Phi) is 4.57. The van der Waals surface area contributed by atoms with Crippen molar-refractivity contribution in [2.75, 3.05) is 6.79 Å². The Morgan fingerprint density at radius 3 is 2.64 bits per heavy atom. The van der Waals surface area contributed by atoms with Gasteiger partial charge in [-0.15, -0.1) is 0 Å². The van der Waals surface area contributed by atoms with E-state index >= 15 is 0 Å². The molecule has 1 atom stereocenters. The normalized spacial score (nSPS) is 13.6. The summed E-state index contributed by atoms with van der Waals surface area (Å²) in [6.45, 7) is -0.0207. The number of fused-ring (bicyclic) bond motifs is 1. The summed E-state index contributed by atoms with van der Waals surface area (Å²) in [6.07, 6.45) is -0.291. The molecular weight excluding hydrogens is 330 g/mol. The van der Waals surface area contributed by atoms with Gasteiger partial charge in [0.05, 0.1) is 22.8 Å². The number of hydrogen-bond donors (Lipinski definition) is 2. The smallest absolute Gasteiger partial charge is 0.282 e. The molecule has 0 saturated carbocycles. The van der Waals surface area contributed by atoms with Gasteiger partial charge in [0.2, 0.25) is 6.79 Å². The molecule has 2 aromatic carbocycles. The number of nitro groups is 1. The first-order valence-electron chi connectivity index (χ1n) is 7.20. The Bertz CT molecular complexity index is 837. The molecule has 1 heterocycles. The molecule has 0 fully saturated rings. The second-order valence-electron chi connectivity index (χ2n) is 5.07. The Morgan fingerprint density at radius 1 is 1.28 bits per heavy atom. The summed E-state index contributed by atoms with van der Waals surface area (Å²) >= 11 is 0. The van der Waals surface area contributed by atoms with Gasteiger partial charge in [0.15, 0.2) is 17.6 Å². The van der Waals surface area contributed by atoms with Crippen molar-refractivity contribution in [3.8, 4) is 11.5 Å². The first-order chi connectivity index (χ1) is 12.1. The van der Waals surface area contributed by atoms with Crippen LogP contribution in [0, 0.1) is 10.1 Å². The third kappa shape index (κ3) is 3.56. The number of nitro benzene ring substituents is 1. The second kappa shape index (κ2) is 6.97. The molecule has 0 radical (unpaired) electrons. The van der Waals surface area contributed by atoms with Crippen LogP contribution in [0.1, 0.15) is 17.2 Å². The lowest BCUT2D eigenvalue weighted by Gasteiger charge is -2.08. The number of hydrogen-bond acceptors (Lipinski definition) is 7. The molecule has 2 aromatic rings. The largest absolute Gasteiger partial charge is 0.454 e. The minimum atomic E-state index is -1.40. The van der Waals surface area contributed by atoms with Gasteiger partial charge in [-0.25, -0.2) is 5.43 Å². The number of nitrogens with zero attached hydrogens (tertiary/aromatic N) is 2. The van der Waals surface area contributed by atoms with Crippen LogP contribution < -0.4 is 14.9 Å². The number of aliphatic hydroxyl groups is 1. The lowest BCUT2D eigenvalue weighted by atomic mass is 10.1. The first-order valence-corrected chi connectivity index (χ1v) is 7.20. The minimum Gasteiger partial charge on any atom is -0.454 e. The number of carbonyl (C=O) groups excluding carboxylic acids is 1. The van der Waals surface area contributed by atoms with E-state index in [4.69, 9.17) is 9.47 Å². The molecule has 1 unspecified atom stereocenters. The van der Waals surface area contributed by atoms with E-state index < -0.39 is 16.9 Å². The molecule has 0 aromatic heterocycles. The summed E-state index contributed by atoms with van der Waals surface area (Å²) in [7, 11) is 0. The van der Waals surface area contributed by atoms with Crippen LogP contribution >= 0.6 is 0 Å². The van der Waals surface area contributed by atoms with Crippen LogP contribution in [0.4, 0.5) is 5.69 Å². The molecule has 0 bridgehead atoms. The third-order valence-corrected chi connectivity index (χ3v) is 3.46. The summed E-state index contributed by atoms with van der Waals surface area (Å²) in [4.78, 5) is 22.4. The van der Waals surface area contributed by atoms with Crippen LogP contribution in [-0.2, 0) is 4.79 Å². The molecule has 2 N–H and O–H groups in total. The third-order valence-electron chi connectivity index (χ3n) is 3.46. The molecule has 9 heteroatoms. The van der Waals surface area contributed by atoms with E-state index in [1.165, 1.54) is 12.1 Å². The fraction of sp³-hybridized carbons (Fsp3) is 0.125. The number of rotatable bonds is 5. The van der Waals surface area contributed by atoms with Gasteiger partial charge in [0.1, 0.15) is 0 Å². The predicted octanol–water partition coefficient (Wildman–Crippen LogP) is 1.51. The fourth-order valence-electron chi connectivity index (χ4n) is 2.22. The van der Waals surface area contributed by atoms with E-state index in [1.807, 2.05) is 0 Å². The lowest BCUT2D eigenvalue weighted by Crippen LogP contribution is -2.25. The van der Waals surface area contributed by atoms with E-state index in [1.54, 1.807) is 30.3 Å². The van der Waals surface area contributed by atoms with Gasteiger partial charge in [-0.05, 0) is 11.6 Å². The van der Waals surface area contributed by atoms with E-state index in [0.29, 0.717) is 11.3 Å². The summed E-state index contributed by atoms with van der Waals surface area (Å²) in [5.41, 5.74) is 2.44. The first kappa shape index (κ1) is 16.4. The van der Waals surface area contributed by atoms with Crippen LogP contribution in [0.3, 0.4) is 0 Å². The molecule has 1 amide bonds. The number of nitrogens with one attached hydrogen (secondary N) is 1. The van der Waals surface area contributed by atoms with Crippen molar-refractivity contribution in [2.24, 2.45) is 5.10 Å². The molecule has 128 valence electrons. The quantitative estimate of drug-likeness (QED) is 0.482. The van der Waals surface area contributed by atoms with Gasteiger partial charge in [-0.2, -0.15) is 5.10 Å². The highest BCUT2D eigenvalue weighted by atomic mass is 16.7. The molecule has 1 aliphatic rings. The number of benzene rings is 2. The average Bonchev–Trinajstić information content (AvgIpc) is 3.08. The number of hydrazone groups is 1.